The molecule has 0 saturated carbocycles. The monoisotopic (exact) mass is 171 g/mol. The first-order valence-corrected chi connectivity index (χ1v) is 4.22. The molecular formula is C9H17NO2. The second kappa shape index (κ2) is 5.77. The molecule has 0 aliphatic heterocycles. The van der Waals surface area contributed by atoms with Crippen LogP contribution in [0.2, 0.25) is 0 Å². The van der Waals surface area contributed by atoms with E-state index in [-0.39, 0.29) is 12.0 Å². The summed E-state index contributed by atoms with van der Waals surface area (Å²) in [6.07, 6.45) is 1.61. The standard InChI is InChI=1S/C9H17NO2/c1-5-6-8(4)9(11)12-10-7(2)3/h7,10H,4-6H2,1-3H3. The van der Waals surface area contributed by atoms with Gasteiger partial charge in [-0.1, -0.05) is 19.9 Å². The van der Waals surface area contributed by atoms with Crippen molar-refractivity contribution in [1.82, 2.24) is 5.48 Å². The van der Waals surface area contributed by atoms with E-state index in [1.807, 2.05) is 20.8 Å². The number of nitrogens with one attached hydrogen (secondary N) is 1. The Bertz CT molecular complexity index is 164. The molecule has 0 rings (SSSR count). The normalized spacial score (nSPS) is 10.0. The highest BCUT2D eigenvalue weighted by molar-refractivity contribution is 5.87. The predicted octanol–water partition coefficient (Wildman–Crippen LogP) is 1.80. The van der Waals surface area contributed by atoms with Crippen LogP contribution in [0.3, 0.4) is 0 Å². The molecule has 0 aliphatic rings. The zero-order chi connectivity index (χ0) is 9.56. The first-order valence-electron chi connectivity index (χ1n) is 4.22. The minimum absolute atomic E-state index is 0.142. The van der Waals surface area contributed by atoms with Gasteiger partial charge in [0.25, 0.3) is 0 Å². The molecule has 3 nitrogen and oxygen atoms in total. The molecule has 3 heteroatoms. The van der Waals surface area contributed by atoms with Crippen molar-refractivity contribution in [2.24, 2.45) is 0 Å². The van der Waals surface area contributed by atoms with Gasteiger partial charge < -0.3 is 4.84 Å². The van der Waals surface area contributed by atoms with E-state index in [9.17, 15) is 4.79 Å². The Hall–Kier alpha value is -0.830. The lowest BCUT2D eigenvalue weighted by atomic mass is 10.2. The molecule has 0 bridgehead atoms. The summed E-state index contributed by atoms with van der Waals surface area (Å²) in [6.45, 7) is 9.40. The molecule has 0 radical (unpaired) electrons. The third kappa shape index (κ3) is 4.91. The first kappa shape index (κ1) is 11.2. The van der Waals surface area contributed by atoms with Crippen LogP contribution < -0.4 is 5.48 Å². The molecule has 12 heavy (non-hydrogen) atoms. The van der Waals surface area contributed by atoms with Gasteiger partial charge in [-0.05, 0) is 20.3 Å². The highest BCUT2D eigenvalue weighted by Gasteiger charge is 2.07. The summed E-state index contributed by atoms with van der Waals surface area (Å²) in [5.74, 6) is -0.356. The van der Waals surface area contributed by atoms with Crippen molar-refractivity contribution in [3.05, 3.63) is 12.2 Å². The quantitative estimate of drug-likeness (QED) is 0.506. The fourth-order valence-corrected chi connectivity index (χ4v) is 0.647. The minimum atomic E-state index is -0.356. The summed E-state index contributed by atoms with van der Waals surface area (Å²) in [5.41, 5.74) is 3.09. The van der Waals surface area contributed by atoms with Crippen LogP contribution in [0.5, 0.6) is 0 Å². The molecule has 0 aliphatic carbocycles. The van der Waals surface area contributed by atoms with Crippen molar-refractivity contribution in [1.29, 1.82) is 0 Å². The lowest BCUT2D eigenvalue weighted by Crippen LogP contribution is -2.27. The second-order valence-electron chi connectivity index (χ2n) is 3.02. The van der Waals surface area contributed by atoms with E-state index in [1.54, 1.807) is 0 Å². The molecule has 0 aromatic carbocycles. The summed E-state index contributed by atoms with van der Waals surface area (Å²) in [6, 6.07) is 0.142. The van der Waals surface area contributed by atoms with E-state index in [2.05, 4.69) is 12.1 Å². The van der Waals surface area contributed by atoms with Gasteiger partial charge in [-0.3, -0.25) is 0 Å². The summed E-state index contributed by atoms with van der Waals surface area (Å²) in [5, 5.41) is 0. The SMILES string of the molecule is C=C(CCC)C(=O)ONC(C)C. The Labute approximate surface area is 73.7 Å². The zero-order valence-electron chi connectivity index (χ0n) is 8.02. The molecule has 0 fully saturated rings. The third-order valence-corrected chi connectivity index (χ3v) is 1.23. The van der Waals surface area contributed by atoms with Gasteiger partial charge in [-0.2, -0.15) is 5.48 Å². The second-order valence-corrected chi connectivity index (χ2v) is 3.02. The molecule has 0 amide bonds. The molecular weight excluding hydrogens is 154 g/mol. The third-order valence-electron chi connectivity index (χ3n) is 1.23. The van der Waals surface area contributed by atoms with Crippen molar-refractivity contribution in [2.75, 3.05) is 0 Å². The lowest BCUT2D eigenvalue weighted by Gasteiger charge is -2.08. The van der Waals surface area contributed by atoms with Gasteiger partial charge in [-0.25, -0.2) is 4.79 Å². The topological polar surface area (TPSA) is 38.3 Å². The van der Waals surface area contributed by atoms with Gasteiger partial charge in [0.15, 0.2) is 0 Å². The average Bonchev–Trinajstić information content (AvgIpc) is 2.00. The van der Waals surface area contributed by atoms with E-state index in [1.165, 1.54) is 0 Å². The molecule has 70 valence electrons. The molecule has 0 heterocycles. The number of carbonyl (C=O) groups excluding carboxylic acids is 1. The van der Waals surface area contributed by atoms with E-state index >= 15 is 0 Å². The predicted molar refractivity (Wildman–Crippen MR) is 48.4 cm³/mol. The summed E-state index contributed by atoms with van der Waals surface area (Å²) < 4.78 is 0. The fraction of sp³-hybridized carbons (Fsp3) is 0.667. The maximum absolute atomic E-state index is 11.1. The molecule has 0 atom stereocenters. The molecule has 1 N–H and O–H groups in total. The number of carbonyl (C=O) groups is 1. The van der Waals surface area contributed by atoms with Crippen LogP contribution in [0, 0.1) is 0 Å². The summed E-state index contributed by atoms with van der Waals surface area (Å²) >= 11 is 0. The Balaban J connectivity index is 3.65. The smallest absolute Gasteiger partial charge is 0.352 e. The Morgan fingerprint density at radius 1 is 1.58 bits per heavy atom. The summed E-state index contributed by atoms with van der Waals surface area (Å²) in [4.78, 5) is 15.8. The molecule has 0 aromatic heterocycles. The lowest BCUT2D eigenvalue weighted by molar-refractivity contribution is -0.147. The van der Waals surface area contributed by atoms with Crippen molar-refractivity contribution in [3.8, 4) is 0 Å². The summed E-state index contributed by atoms with van der Waals surface area (Å²) in [7, 11) is 0. The van der Waals surface area contributed by atoms with E-state index in [4.69, 9.17) is 4.84 Å². The van der Waals surface area contributed by atoms with Gasteiger partial charge in [0.1, 0.15) is 0 Å². The van der Waals surface area contributed by atoms with E-state index in [0.717, 1.165) is 6.42 Å². The van der Waals surface area contributed by atoms with Crippen LogP contribution >= 0.6 is 0 Å². The molecule has 0 aromatic rings. The van der Waals surface area contributed by atoms with E-state index < -0.39 is 0 Å². The largest absolute Gasteiger partial charge is 0.367 e. The van der Waals surface area contributed by atoms with Crippen molar-refractivity contribution >= 4 is 5.97 Å². The van der Waals surface area contributed by atoms with Crippen molar-refractivity contribution in [3.63, 3.8) is 0 Å². The highest BCUT2D eigenvalue weighted by Crippen LogP contribution is 2.02. The Kier molecular flexibility index (Phi) is 5.37. The van der Waals surface area contributed by atoms with E-state index in [0.29, 0.717) is 12.0 Å². The molecule has 0 saturated heterocycles. The zero-order valence-corrected chi connectivity index (χ0v) is 8.02. The number of hydrogen-bond donors (Lipinski definition) is 1. The van der Waals surface area contributed by atoms with Crippen LogP contribution in [-0.4, -0.2) is 12.0 Å². The van der Waals surface area contributed by atoms with Crippen LogP contribution in [0.1, 0.15) is 33.6 Å². The first-order chi connectivity index (χ1) is 5.57. The van der Waals surface area contributed by atoms with Crippen LogP contribution in [0.15, 0.2) is 12.2 Å². The Morgan fingerprint density at radius 2 is 2.17 bits per heavy atom. The minimum Gasteiger partial charge on any atom is -0.367 e. The maximum atomic E-state index is 11.1. The Morgan fingerprint density at radius 3 is 2.58 bits per heavy atom. The average molecular weight is 171 g/mol. The van der Waals surface area contributed by atoms with Gasteiger partial charge in [0, 0.05) is 11.6 Å². The van der Waals surface area contributed by atoms with Crippen LogP contribution in [0.4, 0.5) is 0 Å². The molecule has 0 unspecified atom stereocenters. The van der Waals surface area contributed by atoms with Gasteiger partial charge in [0.2, 0.25) is 0 Å². The fourth-order valence-electron chi connectivity index (χ4n) is 0.647. The molecule has 0 spiro atoms. The number of hydroxylamine groups is 1. The van der Waals surface area contributed by atoms with Crippen LogP contribution in [0.25, 0.3) is 0 Å². The van der Waals surface area contributed by atoms with Crippen molar-refractivity contribution in [2.45, 2.75) is 39.7 Å². The van der Waals surface area contributed by atoms with Gasteiger partial charge >= 0.3 is 5.97 Å². The van der Waals surface area contributed by atoms with Gasteiger partial charge in [-0.15, -0.1) is 0 Å². The van der Waals surface area contributed by atoms with Crippen LogP contribution in [-0.2, 0) is 9.63 Å². The maximum Gasteiger partial charge on any atom is 0.352 e. The number of hydrogen-bond acceptors (Lipinski definition) is 3. The highest BCUT2D eigenvalue weighted by atomic mass is 16.7. The van der Waals surface area contributed by atoms with Gasteiger partial charge in [0.05, 0.1) is 0 Å². The van der Waals surface area contributed by atoms with Crippen molar-refractivity contribution < 1.29 is 9.63 Å². The number of rotatable bonds is 5.